The lowest BCUT2D eigenvalue weighted by Gasteiger charge is -1.88. The molecule has 0 saturated carbocycles. The Balaban J connectivity index is 3.07. The van der Waals surface area contributed by atoms with Gasteiger partial charge >= 0.3 is 5.97 Å². The normalized spacial score (nSPS) is 9.91. The van der Waals surface area contributed by atoms with Crippen LogP contribution in [0.5, 0.6) is 0 Å². The number of nitrogen functional groups attached to an aromatic ring is 1. The summed E-state index contributed by atoms with van der Waals surface area (Å²) in [6.07, 6.45) is 1.41. The molecular formula is C6H9N3O2. The van der Waals surface area contributed by atoms with Crippen molar-refractivity contribution in [3.05, 3.63) is 11.8 Å². The van der Waals surface area contributed by atoms with Gasteiger partial charge in [-0.3, -0.25) is 4.68 Å². The molecule has 0 amide bonds. The van der Waals surface area contributed by atoms with Crippen LogP contribution in [-0.4, -0.2) is 20.9 Å². The van der Waals surface area contributed by atoms with Gasteiger partial charge in [-0.1, -0.05) is 0 Å². The lowest BCUT2D eigenvalue weighted by molar-refractivity contribution is 0.0698. The first-order chi connectivity index (χ1) is 5.15. The van der Waals surface area contributed by atoms with Crippen LogP contribution in [0.2, 0.25) is 0 Å². The number of carboxylic acids is 1. The number of aromatic carboxylic acids is 1. The van der Waals surface area contributed by atoms with Crippen molar-refractivity contribution in [3.8, 4) is 0 Å². The summed E-state index contributed by atoms with van der Waals surface area (Å²) < 4.78 is 1.48. The molecule has 0 aliphatic rings. The van der Waals surface area contributed by atoms with E-state index in [1.54, 1.807) is 0 Å². The first kappa shape index (κ1) is 7.59. The van der Waals surface area contributed by atoms with Gasteiger partial charge in [-0.2, -0.15) is 5.10 Å². The molecule has 0 saturated heterocycles. The van der Waals surface area contributed by atoms with Gasteiger partial charge in [0.25, 0.3) is 0 Å². The molecule has 0 atom stereocenters. The monoisotopic (exact) mass is 155 g/mol. The first-order valence-corrected chi connectivity index (χ1v) is 3.21. The summed E-state index contributed by atoms with van der Waals surface area (Å²) in [7, 11) is 0. The molecule has 0 aliphatic carbocycles. The van der Waals surface area contributed by atoms with Gasteiger partial charge in [0, 0.05) is 12.7 Å². The predicted octanol–water partition coefficient (Wildman–Crippen LogP) is 0.183. The number of hydrogen-bond acceptors (Lipinski definition) is 3. The van der Waals surface area contributed by atoms with E-state index >= 15 is 0 Å². The maximum atomic E-state index is 10.4. The highest BCUT2D eigenvalue weighted by molar-refractivity contribution is 5.92. The van der Waals surface area contributed by atoms with Crippen molar-refractivity contribution in [1.29, 1.82) is 0 Å². The Bertz CT molecular complexity index is 279. The number of carboxylic acid groups (broad SMARTS) is 1. The summed E-state index contributed by atoms with van der Waals surface area (Å²) in [6, 6.07) is 0. The minimum absolute atomic E-state index is 0.0619. The molecule has 0 radical (unpaired) electrons. The molecule has 5 nitrogen and oxygen atoms in total. The van der Waals surface area contributed by atoms with E-state index < -0.39 is 5.97 Å². The van der Waals surface area contributed by atoms with E-state index in [-0.39, 0.29) is 11.4 Å². The molecule has 0 aromatic carbocycles. The summed E-state index contributed by atoms with van der Waals surface area (Å²) in [5.74, 6) is -0.971. The van der Waals surface area contributed by atoms with Gasteiger partial charge in [0.1, 0.15) is 5.56 Å². The van der Waals surface area contributed by atoms with E-state index in [1.807, 2.05) is 6.92 Å². The van der Waals surface area contributed by atoms with E-state index in [4.69, 9.17) is 10.8 Å². The van der Waals surface area contributed by atoms with E-state index in [9.17, 15) is 4.79 Å². The van der Waals surface area contributed by atoms with Crippen molar-refractivity contribution in [1.82, 2.24) is 9.78 Å². The molecule has 0 spiro atoms. The fourth-order valence-electron chi connectivity index (χ4n) is 0.763. The number of rotatable bonds is 2. The van der Waals surface area contributed by atoms with Crippen LogP contribution >= 0.6 is 0 Å². The number of aromatic nitrogens is 2. The van der Waals surface area contributed by atoms with Crippen LogP contribution < -0.4 is 5.73 Å². The van der Waals surface area contributed by atoms with E-state index in [0.29, 0.717) is 6.54 Å². The number of carbonyl (C=O) groups is 1. The van der Waals surface area contributed by atoms with Gasteiger partial charge in [0.15, 0.2) is 5.82 Å². The SMILES string of the molecule is CCn1cc(C(=O)O)c(N)n1. The standard InChI is InChI=1S/C6H9N3O2/c1-2-9-3-4(6(10)11)5(7)8-9/h3H,2H2,1H3,(H2,7,8)(H,10,11). The Morgan fingerprint density at radius 1 is 1.91 bits per heavy atom. The van der Waals surface area contributed by atoms with Crippen molar-refractivity contribution in [2.45, 2.75) is 13.5 Å². The Morgan fingerprint density at radius 3 is 2.82 bits per heavy atom. The highest BCUT2D eigenvalue weighted by atomic mass is 16.4. The van der Waals surface area contributed by atoms with Crippen LogP contribution in [0.4, 0.5) is 5.82 Å². The number of nitrogens with zero attached hydrogens (tertiary/aromatic N) is 2. The third kappa shape index (κ3) is 1.31. The number of hydrogen-bond donors (Lipinski definition) is 2. The van der Waals surface area contributed by atoms with Crippen LogP contribution in [0.15, 0.2) is 6.20 Å². The van der Waals surface area contributed by atoms with Crippen molar-refractivity contribution in [3.63, 3.8) is 0 Å². The van der Waals surface area contributed by atoms with Gasteiger partial charge in [-0.15, -0.1) is 0 Å². The highest BCUT2D eigenvalue weighted by Gasteiger charge is 2.11. The lowest BCUT2D eigenvalue weighted by Crippen LogP contribution is -1.98. The number of nitrogens with two attached hydrogens (primary N) is 1. The third-order valence-corrected chi connectivity index (χ3v) is 1.34. The maximum Gasteiger partial charge on any atom is 0.341 e. The molecule has 5 heteroatoms. The maximum absolute atomic E-state index is 10.4. The zero-order chi connectivity index (χ0) is 8.43. The second-order valence-corrected chi connectivity index (χ2v) is 2.09. The molecule has 11 heavy (non-hydrogen) atoms. The fourth-order valence-corrected chi connectivity index (χ4v) is 0.763. The number of anilines is 1. The smallest absolute Gasteiger partial charge is 0.341 e. The molecule has 1 rings (SSSR count). The van der Waals surface area contributed by atoms with E-state index in [2.05, 4.69) is 5.10 Å². The van der Waals surface area contributed by atoms with Crippen LogP contribution in [0.3, 0.4) is 0 Å². The molecule has 0 aliphatic heterocycles. The molecular weight excluding hydrogens is 146 g/mol. The minimum Gasteiger partial charge on any atom is -0.477 e. The second-order valence-electron chi connectivity index (χ2n) is 2.09. The Morgan fingerprint density at radius 2 is 2.55 bits per heavy atom. The average molecular weight is 155 g/mol. The van der Waals surface area contributed by atoms with Gasteiger partial charge in [0.05, 0.1) is 0 Å². The van der Waals surface area contributed by atoms with Crippen LogP contribution in [0, 0.1) is 0 Å². The Hall–Kier alpha value is -1.52. The minimum atomic E-state index is -1.04. The van der Waals surface area contributed by atoms with Gasteiger partial charge in [-0.05, 0) is 6.92 Å². The van der Waals surface area contributed by atoms with Crippen LogP contribution in [0.1, 0.15) is 17.3 Å². The predicted molar refractivity (Wildman–Crippen MR) is 39.3 cm³/mol. The molecule has 3 N–H and O–H groups in total. The summed E-state index contributed by atoms with van der Waals surface area (Å²) >= 11 is 0. The second kappa shape index (κ2) is 2.61. The average Bonchev–Trinajstić information content (AvgIpc) is 2.30. The van der Waals surface area contributed by atoms with Crippen LogP contribution in [-0.2, 0) is 6.54 Å². The van der Waals surface area contributed by atoms with E-state index in [1.165, 1.54) is 10.9 Å². The fraction of sp³-hybridized carbons (Fsp3) is 0.333. The quantitative estimate of drug-likeness (QED) is 0.638. The molecule has 1 aromatic rings. The highest BCUT2D eigenvalue weighted by Crippen LogP contribution is 2.07. The molecule has 0 bridgehead atoms. The lowest BCUT2D eigenvalue weighted by atomic mass is 10.3. The molecule has 1 heterocycles. The summed E-state index contributed by atoms with van der Waals surface area (Å²) in [6.45, 7) is 2.48. The first-order valence-electron chi connectivity index (χ1n) is 3.21. The Kier molecular flexibility index (Phi) is 1.80. The molecule has 0 fully saturated rings. The largest absolute Gasteiger partial charge is 0.477 e. The Labute approximate surface area is 63.4 Å². The summed E-state index contributed by atoms with van der Waals surface area (Å²) in [5.41, 5.74) is 5.37. The van der Waals surface area contributed by atoms with Gasteiger partial charge in [0.2, 0.25) is 0 Å². The van der Waals surface area contributed by atoms with E-state index in [0.717, 1.165) is 0 Å². The zero-order valence-electron chi connectivity index (χ0n) is 6.11. The third-order valence-electron chi connectivity index (χ3n) is 1.34. The van der Waals surface area contributed by atoms with Gasteiger partial charge in [-0.25, -0.2) is 4.79 Å². The van der Waals surface area contributed by atoms with Crippen LogP contribution in [0.25, 0.3) is 0 Å². The summed E-state index contributed by atoms with van der Waals surface area (Å²) in [5, 5.41) is 12.3. The van der Waals surface area contributed by atoms with Crippen molar-refractivity contribution >= 4 is 11.8 Å². The number of aryl methyl sites for hydroxylation is 1. The molecule has 60 valence electrons. The van der Waals surface area contributed by atoms with Crippen molar-refractivity contribution in [2.75, 3.05) is 5.73 Å². The molecule has 1 aromatic heterocycles. The topological polar surface area (TPSA) is 81.1 Å². The van der Waals surface area contributed by atoms with Crippen molar-refractivity contribution < 1.29 is 9.90 Å². The van der Waals surface area contributed by atoms with Crippen molar-refractivity contribution in [2.24, 2.45) is 0 Å². The zero-order valence-corrected chi connectivity index (χ0v) is 6.11. The summed E-state index contributed by atoms with van der Waals surface area (Å²) in [4.78, 5) is 10.4. The molecule has 0 unspecified atom stereocenters. The van der Waals surface area contributed by atoms with Gasteiger partial charge < -0.3 is 10.8 Å².